The van der Waals surface area contributed by atoms with Gasteiger partial charge in [0, 0.05) is 31.4 Å². The summed E-state index contributed by atoms with van der Waals surface area (Å²) < 4.78 is 0. The number of carbonyl (C=O) groups excluding carboxylic acids is 1. The van der Waals surface area contributed by atoms with Gasteiger partial charge in [0.1, 0.15) is 0 Å². The Morgan fingerprint density at radius 3 is 3.06 bits per heavy atom. The summed E-state index contributed by atoms with van der Waals surface area (Å²) in [7, 11) is 0. The van der Waals surface area contributed by atoms with Crippen LogP contribution in [-0.2, 0) is 4.79 Å². The topological polar surface area (TPSA) is 23.6 Å². The first kappa shape index (κ1) is 10.9. The maximum atomic E-state index is 12.7. The third-order valence-electron chi connectivity index (χ3n) is 5.38. The Morgan fingerprint density at radius 1 is 1.17 bits per heavy atom. The normalized spacial score (nSPS) is 39.0. The van der Waals surface area contributed by atoms with E-state index >= 15 is 0 Å². The number of hydrogen-bond donors (Lipinski definition) is 0. The Balaban J connectivity index is 1.69. The number of carbonyl (C=O) groups is 1. The summed E-state index contributed by atoms with van der Waals surface area (Å²) in [5.41, 5.74) is 1.37. The monoisotopic (exact) mass is 246 g/mol. The Kier molecular flexibility index (Phi) is 2.42. The molecule has 0 aromatic heterocycles. The van der Waals surface area contributed by atoms with Crippen LogP contribution >= 0.6 is 0 Å². The molecular weight excluding hydrogens is 224 g/mol. The number of nitrogens with zero attached hydrogens (tertiary/aromatic N) is 2. The maximum Gasteiger partial charge on any atom is 0.231 e. The molecule has 3 nitrogen and oxygen atoms in total. The van der Waals surface area contributed by atoms with E-state index in [9.17, 15) is 4.79 Å². The largest absolute Gasteiger partial charge is 0.374 e. The van der Waals surface area contributed by atoms with E-state index in [0.717, 1.165) is 18.9 Å². The van der Waals surface area contributed by atoms with Crippen LogP contribution in [0.4, 0.5) is 0 Å². The fourth-order valence-electron chi connectivity index (χ4n) is 4.56. The van der Waals surface area contributed by atoms with E-state index in [4.69, 9.17) is 0 Å². The molecule has 0 aromatic carbocycles. The first-order chi connectivity index (χ1) is 8.84. The fraction of sp³-hybridized carbons (Fsp3) is 0.800. The zero-order chi connectivity index (χ0) is 12.1. The van der Waals surface area contributed by atoms with Crippen LogP contribution in [0.1, 0.15) is 38.5 Å². The molecule has 18 heavy (non-hydrogen) atoms. The minimum atomic E-state index is 0.207. The second kappa shape index (κ2) is 4.01. The van der Waals surface area contributed by atoms with Gasteiger partial charge >= 0.3 is 0 Å². The van der Waals surface area contributed by atoms with Crippen molar-refractivity contribution in [2.75, 3.05) is 19.6 Å². The van der Waals surface area contributed by atoms with E-state index in [2.05, 4.69) is 15.9 Å². The van der Waals surface area contributed by atoms with Crippen molar-refractivity contribution in [3.63, 3.8) is 0 Å². The molecule has 0 aromatic rings. The van der Waals surface area contributed by atoms with Gasteiger partial charge in [-0.3, -0.25) is 4.79 Å². The van der Waals surface area contributed by atoms with Crippen molar-refractivity contribution in [2.45, 2.75) is 44.6 Å². The minimum absolute atomic E-state index is 0.207. The third kappa shape index (κ3) is 1.45. The fourth-order valence-corrected chi connectivity index (χ4v) is 4.56. The lowest BCUT2D eigenvalue weighted by Gasteiger charge is -2.54. The lowest BCUT2D eigenvalue weighted by Crippen LogP contribution is -2.61. The first-order valence-corrected chi connectivity index (χ1v) is 7.60. The highest BCUT2D eigenvalue weighted by atomic mass is 16.2. The van der Waals surface area contributed by atoms with E-state index in [0.29, 0.717) is 11.9 Å². The summed E-state index contributed by atoms with van der Waals surface area (Å²) >= 11 is 0. The van der Waals surface area contributed by atoms with E-state index in [1.54, 1.807) is 0 Å². The SMILES string of the molecule is O=C1[C@@H]2C[C@H](CN3CCCC=C23)C2CCCCN12. The standard InChI is InChI=1S/C15H22N2O/c18-15-12-9-11(13-5-2-4-8-17(13)15)10-16-7-3-1-6-14(12)16/h6,11-13H,1-5,7-10H2/t11-,12-,13?/m1/s1. The van der Waals surface area contributed by atoms with Crippen LogP contribution in [0.5, 0.6) is 0 Å². The zero-order valence-electron chi connectivity index (χ0n) is 11.0. The predicted molar refractivity (Wildman–Crippen MR) is 69.8 cm³/mol. The van der Waals surface area contributed by atoms with Crippen molar-refractivity contribution in [1.29, 1.82) is 0 Å². The summed E-state index contributed by atoms with van der Waals surface area (Å²) in [5.74, 6) is 1.38. The van der Waals surface area contributed by atoms with Crippen molar-refractivity contribution in [2.24, 2.45) is 11.8 Å². The second-order valence-electron chi connectivity index (χ2n) is 6.36. The molecule has 3 heteroatoms. The summed E-state index contributed by atoms with van der Waals surface area (Å²) in [6.45, 7) is 3.40. The van der Waals surface area contributed by atoms with Gasteiger partial charge in [0.25, 0.3) is 0 Å². The van der Waals surface area contributed by atoms with E-state index in [-0.39, 0.29) is 5.92 Å². The van der Waals surface area contributed by atoms with Gasteiger partial charge < -0.3 is 9.80 Å². The van der Waals surface area contributed by atoms with Crippen LogP contribution < -0.4 is 0 Å². The lowest BCUT2D eigenvalue weighted by atomic mass is 9.73. The molecule has 98 valence electrons. The van der Waals surface area contributed by atoms with Crippen LogP contribution in [0.15, 0.2) is 11.8 Å². The van der Waals surface area contributed by atoms with Crippen molar-refractivity contribution in [3.8, 4) is 0 Å². The van der Waals surface area contributed by atoms with Crippen molar-refractivity contribution < 1.29 is 4.79 Å². The van der Waals surface area contributed by atoms with Gasteiger partial charge in [0.2, 0.25) is 5.91 Å². The Hall–Kier alpha value is -0.990. The highest BCUT2D eigenvalue weighted by Gasteiger charge is 2.48. The minimum Gasteiger partial charge on any atom is -0.374 e. The Bertz CT molecular complexity index is 403. The number of fused-ring (bicyclic) bond motifs is 6. The molecule has 1 amide bonds. The van der Waals surface area contributed by atoms with Crippen molar-refractivity contribution in [3.05, 3.63) is 11.8 Å². The van der Waals surface area contributed by atoms with Crippen molar-refractivity contribution >= 4 is 5.91 Å². The molecule has 4 aliphatic heterocycles. The van der Waals surface area contributed by atoms with Gasteiger partial charge in [-0.05, 0) is 44.4 Å². The van der Waals surface area contributed by atoms with Crippen LogP contribution in [0.2, 0.25) is 0 Å². The van der Waals surface area contributed by atoms with Gasteiger partial charge in [-0.15, -0.1) is 0 Å². The number of piperidine rings is 3. The molecule has 0 aliphatic carbocycles. The van der Waals surface area contributed by atoms with E-state index in [1.807, 2.05) is 0 Å². The summed E-state index contributed by atoms with van der Waals surface area (Å²) in [4.78, 5) is 17.4. The molecule has 3 fully saturated rings. The van der Waals surface area contributed by atoms with Crippen LogP contribution in [0.3, 0.4) is 0 Å². The van der Waals surface area contributed by atoms with Gasteiger partial charge in [-0.25, -0.2) is 0 Å². The third-order valence-corrected chi connectivity index (χ3v) is 5.38. The van der Waals surface area contributed by atoms with Gasteiger partial charge in [-0.2, -0.15) is 0 Å². The quantitative estimate of drug-likeness (QED) is 0.652. The molecule has 0 saturated carbocycles. The van der Waals surface area contributed by atoms with E-state index < -0.39 is 0 Å². The van der Waals surface area contributed by atoms with Crippen molar-refractivity contribution in [1.82, 2.24) is 9.80 Å². The maximum absolute atomic E-state index is 12.7. The molecule has 0 spiro atoms. The molecule has 0 N–H and O–H groups in total. The average Bonchev–Trinajstić information content (AvgIpc) is 2.44. The highest BCUT2D eigenvalue weighted by molar-refractivity contribution is 5.83. The predicted octanol–water partition coefficient (Wildman–Crippen LogP) is 2.00. The number of amides is 1. The van der Waals surface area contributed by atoms with Crippen LogP contribution in [-0.4, -0.2) is 41.4 Å². The number of rotatable bonds is 0. The first-order valence-electron chi connectivity index (χ1n) is 7.60. The van der Waals surface area contributed by atoms with Gasteiger partial charge in [0.05, 0.1) is 5.92 Å². The average molecular weight is 246 g/mol. The highest BCUT2D eigenvalue weighted by Crippen LogP contribution is 2.43. The number of allylic oxidation sites excluding steroid dienone is 1. The number of hydrogen-bond acceptors (Lipinski definition) is 2. The molecule has 4 aliphatic rings. The molecule has 2 bridgehead atoms. The summed E-state index contributed by atoms with van der Waals surface area (Å²) in [6, 6.07) is 0.561. The molecule has 4 rings (SSSR count). The molecule has 3 atom stereocenters. The molecule has 3 saturated heterocycles. The Morgan fingerprint density at radius 2 is 2.11 bits per heavy atom. The molecule has 0 radical (unpaired) electrons. The smallest absolute Gasteiger partial charge is 0.231 e. The van der Waals surface area contributed by atoms with Gasteiger partial charge in [-0.1, -0.05) is 6.08 Å². The van der Waals surface area contributed by atoms with Crippen LogP contribution in [0, 0.1) is 11.8 Å². The van der Waals surface area contributed by atoms with E-state index in [1.165, 1.54) is 50.9 Å². The van der Waals surface area contributed by atoms with Crippen LogP contribution in [0.25, 0.3) is 0 Å². The molecule has 1 unspecified atom stereocenters. The zero-order valence-corrected chi connectivity index (χ0v) is 11.0. The molecule has 4 heterocycles. The lowest BCUT2D eigenvalue weighted by molar-refractivity contribution is -0.149. The second-order valence-corrected chi connectivity index (χ2v) is 6.36. The molecular formula is C15H22N2O. The summed E-state index contributed by atoms with van der Waals surface area (Å²) in [6.07, 6.45) is 9.68. The Labute approximate surface area is 109 Å². The summed E-state index contributed by atoms with van der Waals surface area (Å²) in [5, 5.41) is 0. The van der Waals surface area contributed by atoms with Gasteiger partial charge in [0.15, 0.2) is 0 Å².